The molecule has 0 bridgehead atoms. The number of benzene rings is 1. The normalized spacial score (nSPS) is 17.6. The van der Waals surface area contributed by atoms with Gasteiger partial charge in [-0.1, -0.05) is 11.6 Å². The molecule has 0 spiro atoms. The highest BCUT2D eigenvalue weighted by atomic mass is 35.5. The topological polar surface area (TPSA) is 41.6 Å². The first-order valence-corrected chi connectivity index (χ1v) is 8.78. The molecule has 2 heterocycles. The maximum atomic E-state index is 12.3. The van der Waals surface area contributed by atoms with Crippen LogP contribution in [-0.2, 0) is 11.2 Å². The molecule has 1 atom stereocenters. The average Bonchev–Trinajstić information content (AvgIpc) is 3.00. The van der Waals surface area contributed by atoms with Crippen LogP contribution in [0.2, 0.25) is 5.02 Å². The third-order valence-corrected chi connectivity index (χ3v) is 5.48. The molecule has 0 saturated heterocycles. The number of rotatable bonds is 4. The van der Waals surface area contributed by atoms with Crippen molar-refractivity contribution in [3.63, 3.8) is 0 Å². The second-order valence-electron chi connectivity index (χ2n) is 5.59. The Hall–Kier alpha value is -1.56. The van der Waals surface area contributed by atoms with E-state index in [0.29, 0.717) is 23.0 Å². The molecule has 1 aliphatic heterocycles. The van der Waals surface area contributed by atoms with E-state index in [1.54, 1.807) is 36.6 Å². The van der Waals surface area contributed by atoms with Crippen molar-refractivity contribution in [1.29, 1.82) is 0 Å². The molecule has 3 rings (SSSR count). The summed E-state index contributed by atoms with van der Waals surface area (Å²) in [5.41, 5.74) is 2.03. The van der Waals surface area contributed by atoms with Gasteiger partial charge in [0, 0.05) is 23.2 Å². The van der Waals surface area contributed by atoms with Crippen molar-refractivity contribution in [2.75, 3.05) is 25.5 Å². The molecule has 0 aliphatic carbocycles. The predicted octanol–water partition coefficient (Wildman–Crippen LogP) is 3.97. The smallest absolute Gasteiger partial charge is 0.238 e. The molecule has 2 aromatic rings. The summed E-state index contributed by atoms with van der Waals surface area (Å²) in [5.74, 6) is 0.566. The number of nitrogens with one attached hydrogen (secondary N) is 1. The lowest BCUT2D eigenvalue weighted by molar-refractivity contribution is -0.117. The van der Waals surface area contributed by atoms with Gasteiger partial charge in [0.25, 0.3) is 0 Å². The van der Waals surface area contributed by atoms with Gasteiger partial charge in [-0.05, 0) is 48.6 Å². The predicted molar refractivity (Wildman–Crippen MR) is 94.6 cm³/mol. The van der Waals surface area contributed by atoms with Crippen LogP contribution < -0.4 is 10.1 Å². The van der Waals surface area contributed by atoms with Gasteiger partial charge in [0.1, 0.15) is 5.75 Å². The number of nitrogens with zero attached hydrogens (tertiary/aromatic N) is 1. The van der Waals surface area contributed by atoms with E-state index in [1.165, 1.54) is 10.4 Å². The van der Waals surface area contributed by atoms with Crippen molar-refractivity contribution in [3.05, 3.63) is 45.1 Å². The maximum absolute atomic E-state index is 12.3. The maximum Gasteiger partial charge on any atom is 0.238 e. The fourth-order valence-electron chi connectivity index (χ4n) is 2.91. The minimum absolute atomic E-state index is 0.0308. The molecular formula is C17H19ClN2O2S. The first-order chi connectivity index (χ1) is 11.1. The van der Waals surface area contributed by atoms with Crippen LogP contribution in [0.15, 0.2) is 29.6 Å². The zero-order valence-corrected chi connectivity index (χ0v) is 14.7. The van der Waals surface area contributed by atoms with E-state index >= 15 is 0 Å². The van der Waals surface area contributed by atoms with E-state index < -0.39 is 0 Å². The Morgan fingerprint density at radius 1 is 1.48 bits per heavy atom. The Morgan fingerprint density at radius 3 is 3.04 bits per heavy atom. The van der Waals surface area contributed by atoms with Gasteiger partial charge in [-0.25, -0.2) is 0 Å². The zero-order chi connectivity index (χ0) is 16.4. The molecule has 122 valence electrons. The lowest BCUT2D eigenvalue weighted by atomic mass is 10.0. The van der Waals surface area contributed by atoms with Gasteiger partial charge in [0.2, 0.25) is 5.91 Å². The molecular weight excluding hydrogens is 332 g/mol. The fraction of sp³-hybridized carbons (Fsp3) is 0.353. The summed E-state index contributed by atoms with van der Waals surface area (Å²) in [4.78, 5) is 16.0. The molecule has 1 aromatic heterocycles. The number of carbonyl (C=O) groups excluding carboxylic acids is 1. The van der Waals surface area contributed by atoms with Crippen molar-refractivity contribution >= 4 is 34.5 Å². The second kappa shape index (κ2) is 6.91. The van der Waals surface area contributed by atoms with Gasteiger partial charge in [0.05, 0.1) is 18.7 Å². The summed E-state index contributed by atoms with van der Waals surface area (Å²) < 4.78 is 5.11. The summed E-state index contributed by atoms with van der Waals surface area (Å²) in [6, 6.07) is 7.68. The van der Waals surface area contributed by atoms with E-state index in [0.717, 1.165) is 13.0 Å². The van der Waals surface area contributed by atoms with Crippen LogP contribution in [0.4, 0.5) is 5.69 Å². The lowest BCUT2D eigenvalue weighted by Crippen LogP contribution is -2.39. The summed E-state index contributed by atoms with van der Waals surface area (Å²) in [7, 11) is 1.57. The Kier molecular flexibility index (Phi) is 4.90. The highest BCUT2D eigenvalue weighted by Gasteiger charge is 2.26. The molecule has 1 amide bonds. The quantitative estimate of drug-likeness (QED) is 0.907. The molecule has 1 N–H and O–H groups in total. The number of thiophene rings is 1. The van der Waals surface area contributed by atoms with Crippen LogP contribution in [0.25, 0.3) is 0 Å². The van der Waals surface area contributed by atoms with E-state index in [2.05, 4.69) is 28.6 Å². The van der Waals surface area contributed by atoms with Crippen molar-refractivity contribution in [1.82, 2.24) is 4.90 Å². The van der Waals surface area contributed by atoms with E-state index in [9.17, 15) is 4.79 Å². The number of ether oxygens (including phenoxy) is 1. The van der Waals surface area contributed by atoms with Gasteiger partial charge in [-0.3, -0.25) is 9.69 Å². The van der Waals surface area contributed by atoms with Crippen LogP contribution in [0, 0.1) is 0 Å². The summed E-state index contributed by atoms with van der Waals surface area (Å²) >= 11 is 7.89. The third kappa shape index (κ3) is 3.52. The lowest BCUT2D eigenvalue weighted by Gasteiger charge is -2.32. The largest absolute Gasteiger partial charge is 0.495 e. The molecule has 1 aromatic carbocycles. The number of amides is 1. The summed E-state index contributed by atoms with van der Waals surface area (Å²) in [6.45, 7) is 3.44. The van der Waals surface area contributed by atoms with E-state index in [1.807, 2.05) is 0 Å². The number of methoxy groups -OCH3 is 1. The Balaban J connectivity index is 1.63. The van der Waals surface area contributed by atoms with E-state index in [4.69, 9.17) is 16.3 Å². The minimum Gasteiger partial charge on any atom is -0.495 e. The first kappa shape index (κ1) is 16.3. The van der Waals surface area contributed by atoms with Crippen molar-refractivity contribution < 1.29 is 9.53 Å². The summed E-state index contributed by atoms with van der Waals surface area (Å²) in [6.07, 6.45) is 1.01. The van der Waals surface area contributed by atoms with Crippen LogP contribution in [0.5, 0.6) is 5.75 Å². The molecule has 0 radical (unpaired) electrons. The number of anilines is 1. The molecule has 0 unspecified atom stereocenters. The Morgan fingerprint density at radius 2 is 2.30 bits per heavy atom. The standard InChI is InChI=1S/C17H19ClN2O2S/c1-11-13-6-8-23-16(13)5-7-20(11)10-17(21)19-12-3-4-15(22-2)14(18)9-12/h3-4,6,8-9,11H,5,7,10H2,1-2H3,(H,19,21)/t11-/m1/s1. The molecule has 6 heteroatoms. The van der Waals surface area contributed by atoms with Crippen LogP contribution in [0.1, 0.15) is 23.4 Å². The van der Waals surface area contributed by atoms with Gasteiger partial charge in [0.15, 0.2) is 0 Å². The highest BCUT2D eigenvalue weighted by Crippen LogP contribution is 2.32. The van der Waals surface area contributed by atoms with Crippen LogP contribution in [-0.4, -0.2) is 31.0 Å². The number of hydrogen-bond acceptors (Lipinski definition) is 4. The van der Waals surface area contributed by atoms with Crippen LogP contribution >= 0.6 is 22.9 Å². The number of carbonyl (C=O) groups is 1. The van der Waals surface area contributed by atoms with Gasteiger partial charge < -0.3 is 10.1 Å². The first-order valence-electron chi connectivity index (χ1n) is 7.52. The number of fused-ring (bicyclic) bond motifs is 1. The zero-order valence-electron chi connectivity index (χ0n) is 13.1. The Labute approximate surface area is 145 Å². The number of halogens is 1. The Bertz CT molecular complexity index is 716. The molecule has 4 nitrogen and oxygen atoms in total. The molecule has 1 aliphatic rings. The number of hydrogen-bond donors (Lipinski definition) is 1. The van der Waals surface area contributed by atoms with Crippen molar-refractivity contribution in [3.8, 4) is 5.75 Å². The summed E-state index contributed by atoms with van der Waals surface area (Å²) in [5, 5.41) is 5.52. The minimum atomic E-state index is -0.0308. The SMILES string of the molecule is COc1ccc(NC(=O)CN2CCc3sccc3[C@H]2C)cc1Cl. The van der Waals surface area contributed by atoms with Crippen LogP contribution in [0.3, 0.4) is 0 Å². The third-order valence-electron chi connectivity index (χ3n) is 4.19. The van der Waals surface area contributed by atoms with Crippen molar-refractivity contribution in [2.24, 2.45) is 0 Å². The van der Waals surface area contributed by atoms with E-state index in [-0.39, 0.29) is 11.9 Å². The average molecular weight is 351 g/mol. The second-order valence-corrected chi connectivity index (χ2v) is 7.00. The fourth-order valence-corrected chi connectivity index (χ4v) is 4.13. The van der Waals surface area contributed by atoms with Gasteiger partial charge in [-0.2, -0.15) is 0 Å². The molecule has 0 fully saturated rings. The molecule has 23 heavy (non-hydrogen) atoms. The van der Waals surface area contributed by atoms with Gasteiger partial charge in [-0.15, -0.1) is 11.3 Å². The highest BCUT2D eigenvalue weighted by molar-refractivity contribution is 7.10. The van der Waals surface area contributed by atoms with Crippen molar-refractivity contribution in [2.45, 2.75) is 19.4 Å². The molecule has 0 saturated carbocycles. The van der Waals surface area contributed by atoms with Gasteiger partial charge >= 0.3 is 0 Å². The monoisotopic (exact) mass is 350 g/mol.